The van der Waals surface area contributed by atoms with E-state index in [1.54, 1.807) is 30.2 Å². The lowest BCUT2D eigenvalue weighted by Crippen LogP contribution is -2.37. The van der Waals surface area contributed by atoms with Crippen molar-refractivity contribution in [2.75, 3.05) is 6.54 Å². The van der Waals surface area contributed by atoms with Crippen LogP contribution in [0.15, 0.2) is 30.9 Å². The third-order valence-electron chi connectivity index (χ3n) is 3.29. The fourth-order valence-corrected chi connectivity index (χ4v) is 2.13. The molecule has 2 rings (SSSR count). The molecular formula is C15H19N5O2. The largest absolute Gasteiger partial charge is 0.369 e. The highest BCUT2D eigenvalue weighted by atomic mass is 16.2. The van der Waals surface area contributed by atoms with Gasteiger partial charge in [0, 0.05) is 32.2 Å². The van der Waals surface area contributed by atoms with Crippen molar-refractivity contribution in [1.82, 2.24) is 20.1 Å². The van der Waals surface area contributed by atoms with Crippen LogP contribution in [0.5, 0.6) is 0 Å². The summed E-state index contributed by atoms with van der Waals surface area (Å²) in [5, 5.41) is 6.78. The van der Waals surface area contributed by atoms with Gasteiger partial charge in [-0.15, -0.1) is 0 Å². The topological polar surface area (TPSA) is 103 Å². The number of pyridine rings is 1. The molecule has 1 atom stereocenters. The molecule has 0 aliphatic heterocycles. The predicted octanol–water partition coefficient (Wildman–Crippen LogP) is 0.198. The minimum Gasteiger partial charge on any atom is -0.369 e. The number of hydrogen-bond donors (Lipinski definition) is 2. The van der Waals surface area contributed by atoms with Crippen LogP contribution < -0.4 is 11.1 Å². The van der Waals surface area contributed by atoms with E-state index in [1.807, 2.05) is 13.1 Å². The van der Waals surface area contributed by atoms with Crippen LogP contribution in [0, 0.1) is 12.8 Å². The van der Waals surface area contributed by atoms with E-state index < -0.39 is 11.8 Å². The van der Waals surface area contributed by atoms with Gasteiger partial charge >= 0.3 is 0 Å². The summed E-state index contributed by atoms with van der Waals surface area (Å²) in [6.07, 6.45) is 7.11. The molecule has 1 unspecified atom stereocenters. The first-order valence-corrected chi connectivity index (χ1v) is 6.92. The third-order valence-corrected chi connectivity index (χ3v) is 3.29. The van der Waals surface area contributed by atoms with Gasteiger partial charge in [0.05, 0.1) is 17.7 Å². The van der Waals surface area contributed by atoms with Gasteiger partial charge in [0.1, 0.15) is 0 Å². The van der Waals surface area contributed by atoms with E-state index in [-0.39, 0.29) is 12.5 Å². The summed E-state index contributed by atoms with van der Waals surface area (Å²) < 4.78 is 1.66. The number of aryl methyl sites for hydroxylation is 2. The zero-order valence-electron chi connectivity index (χ0n) is 12.6. The van der Waals surface area contributed by atoms with Gasteiger partial charge < -0.3 is 11.1 Å². The molecule has 7 heteroatoms. The summed E-state index contributed by atoms with van der Waals surface area (Å²) in [5.74, 6) is -1.20. The molecule has 0 aliphatic carbocycles. The van der Waals surface area contributed by atoms with Crippen LogP contribution in [-0.4, -0.2) is 33.1 Å². The van der Waals surface area contributed by atoms with E-state index in [2.05, 4.69) is 15.4 Å². The number of nitrogens with two attached hydrogens (primary N) is 1. The lowest BCUT2D eigenvalue weighted by Gasteiger charge is -2.13. The Morgan fingerprint density at radius 2 is 2.14 bits per heavy atom. The van der Waals surface area contributed by atoms with Crippen LogP contribution in [0.25, 0.3) is 0 Å². The van der Waals surface area contributed by atoms with Gasteiger partial charge in [0.15, 0.2) is 0 Å². The molecule has 7 nitrogen and oxygen atoms in total. The Labute approximate surface area is 128 Å². The standard InChI is InChI=1S/C15H19N5O2/c1-10-3-13(7-17-5-10)15(22)18-8-12(14(16)21)4-11-6-19-20(2)9-11/h3,5-7,9,12H,4,8H2,1-2H3,(H2,16,21)(H,18,22). The van der Waals surface area contributed by atoms with E-state index in [0.717, 1.165) is 11.1 Å². The van der Waals surface area contributed by atoms with Crippen LogP contribution in [-0.2, 0) is 18.3 Å². The molecule has 0 radical (unpaired) electrons. The molecule has 0 saturated carbocycles. The molecule has 0 aliphatic rings. The maximum absolute atomic E-state index is 12.1. The Morgan fingerprint density at radius 1 is 1.36 bits per heavy atom. The number of nitrogens with zero attached hydrogens (tertiary/aromatic N) is 3. The SMILES string of the molecule is Cc1cncc(C(=O)NCC(Cc2cnn(C)c2)C(N)=O)c1. The van der Waals surface area contributed by atoms with Crippen molar-refractivity contribution in [2.45, 2.75) is 13.3 Å². The number of hydrogen-bond acceptors (Lipinski definition) is 4. The van der Waals surface area contributed by atoms with Crippen LogP contribution in [0.4, 0.5) is 0 Å². The molecule has 2 aromatic rings. The van der Waals surface area contributed by atoms with E-state index in [1.165, 1.54) is 6.20 Å². The van der Waals surface area contributed by atoms with Crippen molar-refractivity contribution in [2.24, 2.45) is 18.7 Å². The Morgan fingerprint density at radius 3 is 2.73 bits per heavy atom. The van der Waals surface area contributed by atoms with Crippen molar-refractivity contribution in [1.29, 1.82) is 0 Å². The smallest absolute Gasteiger partial charge is 0.252 e. The molecule has 0 fully saturated rings. The fraction of sp³-hybridized carbons (Fsp3) is 0.333. The lowest BCUT2D eigenvalue weighted by atomic mass is 10.0. The summed E-state index contributed by atoms with van der Waals surface area (Å²) >= 11 is 0. The molecule has 0 bridgehead atoms. The Bertz CT molecular complexity index is 680. The van der Waals surface area contributed by atoms with E-state index in [4.69, 9.17) is 5.73 Å². The number of carbonyl (C=O) groups excluding carboxylic acids is 2. The second-order valence-electron chi connectivity index (χ2n) is 5.29. The third kappa shape index (κ3) is 4.15. The number of carbonyl (C=O) groups is 2. The summed E-state index contributed by atoms with van der Waals surface area (Å²) in [7, 11) is 1.80. The molecule has 2 amide bonds. The van der Waals surface area contributed by atoms with Gasteiger partial charge in [-0.25, -0.2) is 0 Å². The maximum Gasteiger partial charge on any atom is 0.252 e. The molecule has 2 heterocycles. The molecule has 2 aromatic heterocycles. The van der Waals surface area contributed by atoms with Crippen LogP contribution in [0.2, 0.25) is 0 Å². The lowest BCUT2D eigenvalue weighted by molar-refractivity contribution is -0.121. The highest BCUT2D eigenvalue weighted by Gasteiger charge is 2.18. The normalized spacial score (nSPS) is 11.9. The number of primary amides is 1. The number of rotatable bonds is 6. The van der Waals surface area contributed by atoms with E-state index in [0.29, 0.717) is 12.0 Å². The van der Waals surface area contributed by atoms with Crippen molar-refractivity contribution < 1.29 is 9.59 Å². The molecule has 22 heavy (non-hydrogen) atoms. The van der Waals surface area contributed by atoms with Crippen molar-refractivity contribution >= 4 is 11.8 Å². The van der Waals surface area contributed by atoms with Gasteiger partial charge in [-0.3, -0.25) is 19.3 Å². The van der Waals surface area contributed by atoms with E-state index in [9.17, 15) is 9.59 Å². The maximum atomic E-state index is 12.1. The van der Waals surface area contributed by atoms with Crippen molar-refractivity contribution in [3.05, 3.63) is 47.5 Å². The molecular weight excluding hydrogens is 282 g/mol. The molecule has 0 aromatic carbocycles. The predicted molar refractivity (Wildman–Crippen MR) is 80.9 cm³/mol. The van der Waals surface area contributed by atoms with Crippen molar-refractivity contribution in [3.8, 4) is 0 Å². The highest BCUT2D eigenvalue weighted by molar-refractivity contribution is 5.94. The average Bonchev–Trinajstić information content (AvgIpc) is 2.88. The van der Waals surface area contributed by atoms with Gasteiger partial charge in [-0.1, -0.05) is 0 Å². The molecule has 0 saturated heterocycles. The van der Waals surface area contributed by atoms with Gasteiger partial charge in [0.2, 0.25) is 5.91 Å². The first-order chi connectivity index (χ1) is 10.5. The first kappa shape index (κ1) is 15.7. The molecule has 3 N–H and O–H groups in total. The fourth-order valence-electron chi connectivity index (χ4n) is 2.13. The zero-order valence-corrected chi connectivity index (χ0v) is 12.6. The minimum atomic E-state index is -0.481. The first-order valence-electron chi connectivity index (χ1n) is 6.92. The number of amides is 2. The van der Waals surface area contributed by atoms with Crippen LogP contribution in [0.3, 0.4) is 0 Å². The van der Waals surface area contributed by atoms with Gasteiger partial charge in [0.25, 0.3) is 5.91 Å². The van der Waals surface area contributed by atoms with Crippen LogP contribution in [0.1, 0.15) is 21.5 Å². The van der Waals surface area contributed by atoms with Gasteiger partial charge in [-0.05, 0) is 30.5 Å². The quantitative estimate of drug-likeness (QED) is 0.795. The number of nitrogens with one attached hydrogen (secondary N) is 1. The van der Waals surface area contributed by atoms with E-state index >= 15 is 0 Å². The van der Waals surface area contributed by atoms with Crippen LogP contribution >= 0.6 is 0 Å². The molecule has 116 valence electrons. The minimum absolute atomic E-state index is 0.178. The average molecular weight is 301 g/mol. The second-order valence-corrected chi connectivity index (χ2v) is 5.29. The van der Waals surface area contributed by atoms with Gasteiger partial charge in [-0.2, -0.15) is 5.10 Å². The second kappa shape index (κ2) is 6.84. The highest BCUT2D eigenvalue weighted by Crippen LogP contribution is 2.08. The summed E-state index contributed by atoms with van der Waals surface area (Å²) in [6.45, 7) is 2.04. The molecule has 0 spiro atoms. The summed E-state index contributed by atoms with van der Waals surface area (Å²) in [6, 6.07) is 1.74. The monoisotopic (exact) mass is 301 g/mol. The van der Waals surface area contributed by atoms with Crippen molar-refractivity contribution in [3.63, 3.8) is 0 Å². The number of aromatic nitrogens is 3. The Hall–Kier alpha value is -2.70. The summed E-state index contributed by atoms with van der Waals surface area (Å²) in [5.41, 5.74) is 7.67. The Balaban J connectivity index is 1.97. The Kier molecular flexibility index (Phi) is 4.88. The summed E-state index contributed by atoms with van der Waals surface area (Å²) in [4.78, 5) is 27.6. The zero-order chi connectivity index (χ0) is 16.1.